The second-order valence-electron chi connectivity index (χ2n) is 13.4. The quantitative estimate of drug-likeness (QED) is 0.413. The summed E-state index contributed by atoms with van der Waals surface area (Å²) >= 11 is 0. The van der Waals surface area contributed by atoms with Crippen LogP contribution in [0.1, 0.15) is 93.4 Å². The summed E-state index contributed by atoms with van der Waals surface area (Å²) in [7, 11) is 0. The molecule has 0 aromatic heterocycles. The highest BCUT2D eigenvalue weighted by atomic mass is 16.4. The van der Waals surface area contributed by atoms with Gasteiger partial charge in [0.15, 0.2) is 0 Å². The van der Waals surface area contributed by atoms with Crippen molar-refractivity contribution in [1.29, 1.82) is 0 Å². The molecule has 0 heterocycles. The summed E-state index contributed by atoms with van der Waals surface area (Å²) in [5.74, 6) is -1.22. The van der Waals surface area contributed by atoms with Crippen LogP contribution in [0.3, 0.4) is 0 Å². The average Bonchev–Trinajstić information content (AvgIpc) is 2.94. The van der Waals surface area contributed by atoms with Crippen LogP contribution < -0.4 is 0 Å². The molecule has 0 aliphatic heterocycles. The third-order valence-corrected chi connectivity index (χ3v) is 11.1. The van der Waals surface area contributed by atoms with Crippen LogP contribution in [-0.4, -0.2) is 33.5 Å². The number of rotatable bonds is 5. The van der Waals surface area contributed by atoms with Crippen molar-refractivity contribution in [2.45, 2.75) is 106 Å². The molecule has 0 aromatic rings. The molecule has 3 N–H and O–H groups in total. The van der Waals surface area contributed by atoms with Gasteiger partial charge in [-0.05, 0) is 92.1 Å². The molecule has 0 bridgehead atoms. The van der Waals surface area contributed by atoms with E-state index in [1.807, 2.05) is 13.8 Å². The van der Waals surface area contributed by atoms with Crippen molar-refractivity contribution in [3.05, 3.63) is 34.9 Å². The number of carbonyl (C=O) groups is 1. The third kappa shape index (κ3) is 3.50. The van der Waals surface area contributed by atoms with E-state index in [1.54, 1.807) is 0 Å². The standard InChI is InChI=1S/C30H46O4/c1-18(2)9-8-10-19(26(33)34)25-22(31)17-30(7)21-11-12-23-27(3,4)24(32)14-15-28(23,5)20(21)13-16-29(25,30)6/h9,11,13,19,22-25,31-32H,8,10,12,14-17H2,1-7H3,(H,33,34)/t19?,22-,23+,24+,25+,28-,29-,30+/m1/s1. The van der Waals surface area contributed by atoms with E-state index in [1.165, 1.54) is 16.7 Å². The van der Waals surface area contributed by atoms with Gasteiger partial charge in [0.25, 0.3) is 0 Å². The predicted molar refractivity (Wildman–Crippen MR) is 136 cm³/mol. The molecular formula is C30H46O4. The van der Waals surface area contributed by atoms with E-state index in [0.717, 1.165) is 32.1 Å². The predicted octanol–water partition coefficient (Wildman–Crippen LogP) is 6.29. The van der Waals surface area contributed by atoms with E-state index in [-0.39, 0.29) is 33.7 Å². The molecule has 0 spiro atoms. The van der Waals surface area contributed by atoms with Gasteiger partial charge in [-0.3, -0.25) is 4.79 Å². The van der Waals surface area contributed by atoms with E-state index in [4.69, 9.17) is 0 Å². The van der Waals surface area contributed by atoms with E-state index < -0.39 is 18.0 Å². The van der Waals surface area contributed by atoms with Gasteiger partial charge in [0, 0.05) is 11.3 Å². The summed E-state index contributed by atoms with van der Waals surface area (Å²) in [6, 6.07) is 0. The third-order valence-electron chi connectivity index (χ3n) is 11.1. The number of aliphatic hydroxyl groups excluding tert-OH is 2. The summed E-state index contributed by atoms with van der Waals surface area (Å²) in [4.78, 5) is 12.5. The minimum atomic E-state index is -0.779. The fourth-order valence-corrected chi connectivity index (χ4v) is 8.83. The van der Waals surface area contributed by atoms with Crippen LogP contribution in [0.15, 0.2) is 34.9 Å². The van der Waals surface area contributed by atoms with Crippen LogP contribution in [0.5, 0.6) is 0 Å². The maximum absolute atomic E-state index is 12.5. The van der Waals surface area contributed by atoms with Crippen LogP contribution >= 0.6 is 0 Å². The van der Waals surface area contributed by atoms with Crippen molar-refractivity contribution >= 4 is 5.97 Å². The molecule has 34 heavy (non-hydrogen) atoms. The molecule has 4 aliphatic carbocycles. The molecule has 1 unspecified atom stereocenters. The van der Waals surface area contributed by atoms with E-state index >= 15 is 0 Å². The Hall–Kier alpha value is -1.39. The summed E-state index contributed by atoms with van der Waals surface area (Å²) in [6.45, 7) is 15.4. The van der Waals surface area contributed by atoms with Gasteiger partial charge < -0.3 is 15.3 Å². The zero-order valence-corrected chi connectivity index (χ0v) is 22.3. The first kappa shape index (κ1) is 25.7. The lowest BCUT2D eigenvalue weighted by molar-refractivity contribution is -0.148. The highest BCUT2D eigenvalue weighted by Crippen LogP contribution is 2.71. The number of allylic oxidation sites excluding steroid dienone is 6. The SMILES string of the molecule is CC(C)=CCCC(C(=O)O)[C@H]1[C@H](O)C[C@@]2(C)C3=CC[C@H]4C(C)(C)[C@@H](O)CC[C@]4(C)C3=CC[C@]12C. The normalized spacial score (nSPS) is 43.6. The second kappa shape index (κ2) is 8.34. The van der Waals surface area contributed by atoms with Crippen molar-refractivity contribution in [3.63, 3.8) is 0 Å². The smallest absolute Gasteiger partial charge is 0.306 e. The average molecular weight is 471 g/mol. The number of aliphatic carboxylic acids is 1. The van der Waals surface area contributed by atoms with Gasteiger partial charge in [0.2, 0.25) is 0 Å². The first-order valence-electron chi connectivity index (χ1n) is 13.3. The summed E-state index contributed by atoms with van der Waals surface area (Å²) in [5.41, 5.74) is 3.27. The van der Waals surface area contributed by atoms with Crippen LogP contribution in [0.25, 0.3) is 0 Å². The Balaban J connectivity index is 1.74. The first-order valence-corrected chi connectivity index (χ1v) is 13.3. The molecule has 190 valence electrons. The minimum absolute atomic E-state index is 0.00976. The monoisotopic (exact) mass is 470 g/mol. The van der Waals surface area contributed by atoms with Gasteiger partial charge in [0.05, 0.1) is 18.1 Å². The van der Waals surface area contributed by atoms with Crippen LogP contribution in [0, 0.1) is 39.4 Å². The lowest BCUT2D eigenvalue weighted by Crippen LogP contribution is -2.54. The zero-order chi connectivity index (χ0) is 25.3. The second-order valence-corrected chi connectivity index (χ2v) is 13.4. The fourth-order valence-electron chi connectivity index (χ4n) is 8.83. The molecule has 0 saturated heterocycles. The van der Waals surface area contributed by atoms with Crippen molar-refractivity contribution in [2.24, 2.45) is 39.4 Å². The number of fused-ring (bicyclic) bond motifs is 5. The molecule has 0 amide bonds. The van der Waals surface area contributed by atoms with Crippen molar-refractivity contribution < 1.29 is 20.1 Å². The Morgan fingerprint density at radius 3 is 2.41 bits per heavy atom. The topological polar surface area (TPSA) is 77.8 Å². The Morgan fingerprint density at radius 2 is 1.79 bits per heavy atom. The Labute approximate surface area is 206 Å². The maximum atomic E-state index is 12.5. The van der Waals surface area contributed by atoms with E-state index in [9.17, 15) is 20.1 Å². The van der Waals surface area contributed by atoms with Crippen LogP contribution in [-0.2, 0) is 4.79 Å². The van der Waals surface area contributed by atoms with Crippen LogP contribution in [0.4, 0.5) is 0 Å². The lowest BCUT2D eigenvalue weighted by atomic mass is 9.44. The van der Waals surface area contributed by atoms with Gasteiger partial charge in [-0.2, -0.15) is 0 Å². The van der Waals surface area contributed by atoms with Crippen molar-refractivity contribution in [1.82, 2.24) is 0 Å². The molecule has 4 heteroatoms. The Morgan fingerprint density at radius 1 is 1.12 bits per heavy atom. The number of carboxylic acids is 1. The van der Waals surface area contributed by atoms with Crippen molar-refractivity contribution in [2.75, 3.05) is 0 Å². The Bertz CT molecular complexity index is 937. The van der Waals surface area contributed by atoms with Gasteiger partial charge in [-0.25, -0.2) is 0 Å². The van der Waals surface area contributed by atoms with E-state index in [2.05, 4.69) is 52.8 Å². The molecule has 2 saturated carbocycles. The molecule has 8 atom stereocenters. The highest BCUT2D eigenvalue weighted by Gasteiger charge is 2.66. The van der Waals surface area contributed by atoms with Gasteiger partial charge >= 0.3 is 5.97 Å². The molecule has 0 aromatic carbocycles. The van der Waals surface area contributed by atoms with E-state index in [0.29, 0.717) is 18.8 Å². The first-order chi connectivity index (χ1) is 15.7. The van der Waals surface area contributed by atoms with Gasteiger partial charge in [0.1, 0.15) is 0 Å². The van der Waals surface area contributed by atoms with Crippen LogP contribution in [0.2, 0.25) is 0 Å². The molecule has 4 aliphatic rings. The largest absolute Gasteiger partial charge is 0.481 e. The molecule has 2 fully saturated rings. The fraction of sp³-hybridized carbons (Fsp3) is 0.767. The lowest BCUT2D eigenvalue weighted by Gasteiger charge is -2.61. The molecule has 4 rings (SSSR count). The minimum Gasteiger partial charge on any atom is -0.481 e. The van der Waals surface area contributed by atoms with Crippen molar-refractivity contribution in [3.8, 4) is 0 Å². The summed E-state index contributed by atoms with van der Waals surface area (Å²) in [6.07, 6.45) is 11.4. The van der Waals surface area contributed by atoms with Gasteiger partial charge in [-0.1, -0.05) is 58.4 Å². The Kier molecular flexibility index (Phi) is 6.30. The molecule has 4 nitrogen and oxygen atoms in total. The number of aliphatic hydroxyl groups is 2. The van der Waals surface area contributed by atoms with Gasteiger partial charge in [-0.15, -0.1) is 0 Å². The summed E-state index contributed by atoms with van der Waals surface area (Å²) in [5, 5.41) is 32.4. The maximum Gasteiger partial charge on any atom is 0.306 e. The zero-order valence-electron chi connectivity index (χ0n) is 22.3. The number of hydrogen-bond donors (Lipinski definition) is 3. The molecular weight excluding hydrogens is 424 g/mol. The highest BCUT2D eigenvalue weighted by molar-refractivity contribution is 5.71. The number of hydrogen-bond acceptors (Lipinski definition) is 3. The number of carboxylic acid groups (broad SMARTS) is 1. The molecule has 0 radical (unpaired) electrons. The summed E-state index contributed by atoms with van der Waals surface area (Å²) < 4.78 is 0.